The lowest BCUT2D eigenvalue weighted by Crippen LogP contribution is -2.49. The molecule has 0 heterocycles. The maximum Gasteiger partial charge on any atom is 0.250 e. The number of nitrogens with one attached hydrogen (secondary N) is 2. The molecule has 1 aliphatic carbocycles. The molecule has 2 rings (SSSR count). The topological polar surface area (TPSA) is 95.5 Å². The summed E-state index contributed by atoms with van der Waals surface area (Å²) in [6.07, 6.45) is 0.713. The van der Waals surface area contributed by atoms with Gasteiger partial charge in [-0.1, -0.05) is 11.6 Å². The van der Waals surface area contributed by atoms with Gasteiger partial charge in [0.2, 0.25) is 10.0 Å². The minimum absolute atomic E-state index is 0.0225. The largest absolute Gasteiger partial charge is 0.382 e. The van der Waals surface area contributed by atoms with Gasteiger partial charge < -0.3 is 10.4 Å². The Balaban J connectivity index is 1.95. The van der Waals surface area contributed by atoms with Gasteiger partial charge in [0.1, 0.15) is 6.10 Å². The normalized spacial score (nSPS) is 17.8. The third-order valence-electron chi connectivity index (χ3n) is 3.47. The van der Waals surface area contributed by atoms with E-state index in [2.05, 4.69) is 10.0 Å². The zero-order valence-corrected chi connectivity index (χ0v) is 13.7. The third kappa shape index (κ3) is 4.67. The van der Waals surface area contributed by atoms with Crippen LogP contribution < -0.4 is 10.0 Å². The summed E-state index contributed by atoms with van der Waals surface area (Å²) >= 11 is 5.72. The number of hydrogen-bond donors (Lipinski definition) is 3. The molecule has 1 aliphatic rings. The van der Waals surface area contributed by atoms with Gasteiger partial charge in [0, 0.05) is 11.6 Å². The van der Waals surface area contributed by atoms with Crippen molar-refractivity contribution in [2.45, 2.75) is 36.8 Å². The molecule has 3 N–H and O–H groups in total. The Morgan fingerprint density at radius 1 is 1.36 bits per heavy atom. The Bertz CT molecular complexity index is 629. The predicted molar refractivity (Wildman–Crippen MR) is 83.0 cm³/mol. The molecule has 1 saturated carbocycles. The van der Waals surface area contributed by atoms with Gasteiger partial charge in [-0.15, -0.1) is 0 Å². The maximum atomic E-state index is 12.2. The molecule has 2 unspecified atom stereocenters. The lowest BCUT2D eigenvalue weighted by atomic mass is 10.2. The van der Waals surface area contributed by atoms with Crippen LogP contribution in [-0.2, 0) is 14.8 Å². The van der Waals surface area contributed by atoms with Crippen LogP contribution in [0.2, 0.25) is 5.02 Å². The second kappa shape index (κ2) is 6.95. The van der Waals surface area contributed by atoms with Crippen molar-refractivity contribution in [3.05, 3.63) is 29.3 Å². The molecule has 0 aliphatic heterocycles. The van der Waals surface area contributed by atoms with Crippen LogP contribution in [0, 0.1) is 5.92 Å². The second-order valence-corrected chi connectivity index (χ2v) is 7.65. The lowest BCUT2D eigenvalue weighted by molar-refractivity contribution is -0.130. The average molecular weight is 347 g/mol. The molecule has 0 radical (unpaired) electrons. The number of carbonyl (C=O) groups excluding carboxylic acids is 1. The van der Waals surface area contributed by atoms with E-state index in [0.29, 0.717) is 17.5 Å². The first kappa shape index (κ1) is 17.2. The molecule has 0 bridgehead atoms. The van der Waals surface area contributed by atoms with Crippen LogP contribution in [0.5, 0.6) is 0 Å². The average Bonchev–Trinajstić information content (AvgIpc) is 3.28. The molecule has 2 atom stereocenters. The van der Waals surface area contributed by atoms with Gasteiger partial charge >= 0.3 is 0 Å². The fourth-order valence-corrected chi connectivity index (χ4v) is 3.26. The minimum Gasteiger partial charge on any atom is -0.382 e. The quantitative estimate of drug-likeness (QED) is 0.683. The summed E-state index contributed by atoms with van der Waals surface area (Å²) in [6, 6.07) is 4.69. The lowest BCUT2D eigenvalue weighted by Gasteiger charge is -2.19. The summed E-state index contributed by atoms with van der Waals surface area (Å²) in [5.41, 5.74) is 0. The molecule has 22 heavy (non-hydrogen) atoms. The Labute approximate surface area is 134 Å². The molecule has 1 aromatic rings. The Kier molecular flexibility index (Phi) is 5.44. The van der Waals surface area contributed by atoms with Crippen LogP contribution in [0.1, 0.15) is 19.8 Å². The van der Waals surface area contributed by atoms with Crippen LogP contribution in [0.15, 0.2) is 29.2 Å². The van der Waals surface area contributed by atoms with Gasteiger partial charge in [0.25, 0.3) is 5.91 Å². The van der Waals surface area contributed by atoms with Gasteiger partial charge in [-0.3, -0.25) is 4.79 Å². The van der Waals surface area contributed by atoms with Crippen LogP contribution in [0.25, 0.3) is 0 Å². The highest BCUT2D eigenvalue weighted by molar-refractivity contribution is 7.89. The molecular formula is C14H19ClN2O4S. The molecule has 8 heteroatoms. The van der Waals surface area contributed by atoms with Crippen molar-refractivity contribution >= 4 is 27.5 Å². The zero-order valence-electron chi connectivity index (χ0n) is 12.1. The second-order valence-electron chi connectivity index (χ2n) is 5.50. The minimum atomic E-state index is -3.82. The van der Waals surface area contributed by atoms with E-state index in [1.807, 2.05) is 0 Å². The van der Waals surface area contributed by atoms with Gasteiger partial charge in [0.15, 0.2) is 0 Å². The highest BCUT2D eigenvalue weighted by atomic mass is 35.5. The molecule has 1 aromatic carbocycles. The van der Waals surface area contributed by atoms with Crippen LogP contribution in [-0.4, -0.2) is 38.1 Å². The summed E-state index contributed by atoms with van der Waals surface area (Å²) in [5, 5.41) is 13.0. The molecule has 6 nitrogen and oxygen atoms in total. The predicted octanol–water partition coefficient (Wildman–Crippen LogP) is 0.894. The fraction of sp³-hybridized carbons (Fsp3) is 0.500. The van der Waals surface area contributed by atoms with Gasteiger partial charge in [-0.25, -0.2) is 13.1 Å². The Morgan fingerprint density at radius 3 is 2.50 bits per heavy atom. The highest BCUT2D eigenvalue weighted by Crippen LogP contribution is 2.27. The highest BCUT2D eigenvalue weighted by Gasteiger charge is 2.29. The zero-order chi connectivity index (χ0) is 16.3. The summed E-state index contributed by atoms with van der Waals surface area (Å²) in [7, 11) is -3.82. The summed E-state index contributed by atoms with van der Waals surface area (Å²) < 4.78 is 26.6. The first-order chi connectivity index (χ1) is 10.3. The van der Waals surface area contributed by atoms with Crippen molar-refractivity contribution in [2.75, 3.05) is 6.54 Å². The van der Waals surface area contributed by atoms with E-state index in [9.17, 15) is 18.3 Å². The van der Waals surface area contributed by atoms with Crippen LogP contribution >= 0.6 is 11.6 Å². The first-order valence-corrected chi connectivity index (χ1v) is 8.89. The van der Waals surface area contributed by atoms with Crippen LogP contribution in [0.3, 0.4) is 0 Å². The monoisotopic (exact) mass is 346 g/mol. The number of amides is 1. The Morgan fingerprint density at radius 2 is 1.95 bits per heavy atom. The van der Waals surface area contributed by atoms with Crippen molar-refractivity contribution in [1.82, 2.24) is 10.0 Å². The number of aliphatic hydroxyl groups is 1. The van der Waals surface area contributed by atoms with E-state index in [-0.39, 0.29) is 4.90 Å². The number of benzene rings is 1. The van der Waals surface area contributed by atoms with Crippen LogP contribution in [0.4, 0.5) is 0 Å². The number of hydrogen-bond acceptors (Lipinski definition) is 4. The fourth-order valence-electron chi connectivity index (χ4n) is 1.89. The number of halogens is 1. The number of rotatable bonds is 7. The maximum absolute atomic E-state index is 12.2. The molecule has 0 saturated heterocycles. The van der Waals surface area contributed by atoms with Gasteiger partial charge in [0.05, 0.1) is 10.9 Å². The molecule has 1 fully saturated rings. The van der Waals surface area contributed by atoms with E-state index in [0.717, 1.165) is 12.8 Å². The molecule has 1 amide bonds. The van der Waals surface area contributed by atoms with Crippen molar-refractivity contribution in [1.29, 1.82) is 0 Å². The summed E-state index contributed by atoms with van der Waals surface area (Å²) in [5.74, 6) is -0.0876. The van der Waals surface area contributed by atoms with E-state index >= 15 is 0 Å². The molecular weight excluding hydrogens is 328 g/mol. The third-order valence-corrected chi connectivity index (χ3v) is 5.30. The van der Waals surface area contributed by atoms with Gasteiger partial charge in [-0.2, -0.15) is 0 Å². The van der Waals surface area contributed by atoms with E-state index in [1.165, 1.54) is 31.2 Å². The van der Waals surface area contributed by atoms with Crippen molar-refractivity contribution < 1.29 is 18.3 Å². The standard InChI is InChI=1S/C14H19ClN2O4S/c1-9(13(18)14(19)16-8-10-2-3-10)17-22(20,21)12-6-4-11(15)5-7-12/h4-7,9-10,13,17-18H,2-3,8H2,1H3,(H,16,19). The van der Waals surface area contributed by atoms with Gasteiger partial charge in [-0.05, 0) is 49.9 Å². The summed E-state index contributed by atoms with van der Waals surface area (Å²) in [6.45, 7) is 1.96. The number of carbonyl (C=O) groups is 1. The summed E-state index contributed by atoms with van der Waals surface area (Å²) in [4.78, 5) is 11.8. The molecule has 122 valence electrons. The van der Waals surface area contributed by atoms with Crippen molar-refractivity contribution in [3.8, 4) is 0 Å². The van der Waals surface area contributed by atoms with Crippen molar-refractivity contribution in [3.63, 3.8) is 0 Å². The molecule has 0 aromatic heterocycles. The Hall–Kier alpha value is -1.15. The number of aliphatic hydroxyl groups excluding tert-OH is 1. The van der Waals surface area contributed by atoms with Crippen molar-refractivity contribution in [2.24, 2.45) is 5.92 Å². The smallest absolute Gasteiger partial charge is 0.250 e. The van der Waals surface area contributed by atoms with E-state index < -0.39 is 28.1 Å². The number of sulfonamides is 1. The first-order valence-electron chi connectivity index (χ1n) is 7.03. The van der Waals surface area contributed by atoms with E-state index in [4.69, 9.17) is 11.6 Å². The van der Waals surface area contributed by atoms with E-state index in [1.54, 1.807) is 0 Å². The molecule has 0 spiro atoms. The SMILES string of the molecule is CC(NS(=O)(=O)c1ccc(Cl)cc1)C(O)C(=O)NCC1CC1.